The number of fused-ring (bicyclic) bond motifs is 1. The zero-order valence-corrected chi connectivity index (χ0v) is 24.3. The lowest BCUT2D eigenvalue weighted by molar-refractivity contribution is -0.158. The highest BCUT2D eigenvalue weighted by Gasteiger charge is 2.48. The summed E-state index contributed by atoms with van der Waals surface area (Å²) in [5.74, 6) is -6.26. The largest absolute Gasteiger partial charge is 0.478 e. The molecule has 2 fully saturated rings. The molecule has 0 radical (unpaired) electrons. The van der Waals surface area contributed by atoms with Crippen LogP contribution in [0.3, 0.4) is 0 Å². The fourth-order valence-electron chi connectivity index (χ4n) is 4.29. The molecular formula is C28H39N3O12. The molecule has 2 aliphatic heterocycles. The predicted octanol–water partition coefficient (Wildman–Crippen LogP) is 0.176. The van der Waals surface area contributed by atoms with Gasteiger partial charge in [0.25, 0.3) is 0 Å². The molecule has 0 aromatic rings. The van der Waals surface area contributed by atoms with E-state index in [1.807, 2.05) is 12.2 Å². The summed E-state index contributed by atoms with van der Waals surface area (Å²) in [4.78, 5) is 81.8. The van der Waals surface area contributed by atoms with Gasteiger partial charge in [-0.05, 0) is 19.9 Å². The van der Waals surface area contributed by atoms with Gasteiger partial charge < -0.3 is 30.1 Å². The van der Waals surface area contributed by atoms with E-state index < -0.39 is 30.0 Å². The van der Waals surface area contributed by atoms with E-state index in [0.29, 0.717) is 43.7 Å². The summed E-state index contributed by atoms with van der Waals surface area (Å²) in [6.45, 7) is 8.01. The Morgan fingerprint density at radius 1 is 0.767 bits per heavy atom. The number of likely N-dealkylation sites (tertiary alicyclic amines) is 1. The number of nitrogens with zero attached hydrogens (tertiary/aromatic N) is 3. The number of carbonyl (C=O) groups is 7. The molecule has 15 nitrogen and oxygen atoms in total. The molecule has 0 aromatic heterocycles. The molecule has 238 valence electrons. The Hall–Kier alpha value is -4.37. The number of esters is 1. The van der Waals surface area contributed by atoms with Crippen molar-refractivity contribution < 1.29 is 58.7 Å². The van der Waals surface area contributed by atoms with Crippen LogP contribution in [0.1, 0.15) is 26.7 Å². The lowest BCUT2D eigenvalue weighted by atomic mass is 9.85. The number of carboxylic acids is 4. The maximum atomic E-state index is 12.8. The van der Waals surface area contributed by atoms with Crippen LogP contribution in [0.4, 0.5) is 0 Å². The molecule has 0 spiro atoms. The molecule has 3 atom stereocenters. The van der Waals surface area contributed by atoms with E-state index >= 15 is 0 Å². The summed E-state index contributed by atoms with van der Waals surface area (Å²) in [5.41, 5.74) is 0. The highest BCUT2D eigenvalue weighted by atomic mass is 16.5. The molecule has 4 N–H and O–H groups in total. The van der Waals surface area contributed by atoms with Gasteiger partial charge in [-0.3, -0.25) is 24.2 Å². The number of likely N-dealkylation sites (N-methyl/N-ethyl adjacent to an activating group) is 1. The van der Waals surface area contributed by atoms with Crippen LogP contribution >= 0.6 is 0 Å². The Bertz CT molecular complexity index is 1030. The van der Waals surface area contributed by atoms with Gasteiger partial charge in [-0.1, -0.05) is 26.0 Å². The number of amides is 2. The second-order valence-corrected chi connectivity index (χ2v) is 10.3. The van der Waals surface area contributed by atoms with Crippen molar-refractivity contribution >= 4 is 41.7 Å². The fourth-order valence-corrected chi connectivity index (χ4v) is 4.29. The van der Waals surface area contributed by atoms with Crippen LogP contribution < -0.4 is 0 Å². The zero-order valence-electron chi connectivity index (χ0n) is 24.3. The Morgan fingerprint density at radius 3 is 1.51 bits per heavy atom. The van der Waals surface area contributed by atoms with Crippen LogP contribution in [0.5, 0.6) is 0 Å². The highest BCUT2D eigenvalue weighted by molar-refractivity contribution is 6.05. The van der Waals surface area contributed by atoms with Crippen molar-refractivity contribution in [3.8, 4) is 0 Å². The van der Waals surface area contributed by atoms with E-state index in [4.69, 9.17) is 25.2 Å². The molecule has 2 heterocycles. The first kappa shape index (κ1) is 36.7. The molecule has 15 heteroatoms. The number of hydrogen-bond acceptors (Lipinski definition) is 10. The zero-order chi connectivity index (χ0) is 32.7. The first-order valence-corrected chi connectivity index (χ1v) is 13.5. The third kappa shape index (κ3) is 13.9. The smallest absolute Gasteiger partial charge is 0.328 e. The molecule has 0 aromatic carbocycles. The van der Waals surface area contributed by atoms with Gasteiger partial charge in [-0.15, -0.1) is 0 Å². The molecule has 3 rings (SSSR count). The van der Waals surface area contributed by atoms with Crippen LogP contribution in [-0.2, 0) is 38.3 Å². The maximum absolute atomic E-state index is 12.8. The monoisotopic (exact) mass is 609 g/mol. The SMILES string of the molecule is CC(C)C(=O)OC(CN1CCN(C)CC1)CN1C(=O)[C@H]2CC=CC[C@H]2C1=O.O=C(O)/C=C\C(=O)O.O=C(O)/C=C\C(=O)O. The average Bonchev–Trinajstić information content (AvgIpc) is 3.17. The Kier molecular flexibility index (Phi) is 15.5. The average molecular weight is 610 g/mol. The maximum Gasteiger partial charge on any atom is 0.328 e. The van der Waals surface area contributed by atoms with Gasteiger partial charge >= 0.3 is 29.8 Å². The molecule has 3 aliphatic rings. The summed E-state index contributed by atoms with van der Waals surface area (Å²) in [6, 6.07) is 0. The number of ether oxygens (including phenoxy) is 1. The van der Waals surface area contributed by atoms with E-state index in [-0.39, 0.29) is 42.1 Å². The second kappa shape index (κ2) is 18.2. The molecule has 1 unspecified atom stereocenters. The number of carboxylic acid groups (broad SMARTS) is 4. The first-order chi connectivity index (χ1) is 20.1. The van der Waals surface area contributed by atoms with Crippen molar-refractivity contribution in [1.29, 1.82) is 0 Å². The normalized spacial score (nSPS) is 21.1. The van der Waals surface area contributed by atoms with Gasteiger partial charge in [0.1, 0.15) is 6.10 Å². The van der Waals surface area contributed by atoms with Crippen molar-refractivity contribution in [2.24, 2.45) is 17.8 Å². The Morgan fingerprint density at radius 2 is 1.16 bits per heavy atom. The number of imide groups is 1. The van der Waals surface area contributed by atoms with Crippen LogP contribution in [-0.4, -0.2) is 129 Å². The van der Waals surface area contributed by atoms with Gasteiger partial charge in [0, 0.05) is 57.0 Å². The van der Waals surface area contributed by atoms with Crippen molar-refractivity contribution in [3.63, 3.8) is 0 Å². The Labute approximate surface area is 248 Å². The molecule has 2 saturated heterocycles. The van der Waals surface area contributed by atoms with Crippen LogP contribution in [0.25, 0.3) is 0 Å². The Balaban J connectivity index is 0.000000476. The van der Waals surface area contributed by atoms with E-state index in [0.717, 1.165) is 26.2 Å². The number of allylic oxidation sites excluding steroid dienone is 2. The number of rotatable bonds is 10. The van der Waals surface area contributed by atoms with Gasteiger partial charge in [-0.25, -0.2) is 19.2 Å². The highest BCUT2D eigenvalue weighted by Crippen LogP contribution is 2.35. The number of carbonyl (C=O) groups excluding carboxylic acids is 3. The van der Waals surface area contributed by atoms with Crippen molar-refractivity contribution in [2.45, 2.75) is 32.8 Å². The molecular weight excluding hydrogens is 570 g/mol. The summed E-state index contributed by atoms with van der Waals surface area (Å²) in [6.07, 6.45) is 6.97. The predicted molar refractivity (Wildman–Crippen MR) is 150 cm³/mol. The third-order valence-corrected chi connectivity index (χ3v) is 6.53. The van der Waals surface area contributed by atoms with E-state index in [1.54, 1.807) is 13.8 Å². The van der Waals surface area contributed by atoms with Crippen LogP contribution in [0.15, 0.2) is 36.5 Å². The van der Waals surface area contributed by atoms with Gasteiger partial charge in [-0.2, -0.15) is 0 Å². The fraction of sp³-hybridized carbons (Fsp3) is 0.536. The number of piperazine rings is 1. The molecule has 43 heavy (non-hydrogen) atoms. The van der Waals surface area contributed by atoms with Crippen LogP contribution in [0.2, 0.25) is 0 Å². The molecule has 1 aliphatic carbocycles. The van der Waals surface area contributed by atoms with Crippen molar-refractivity contribution in [3.05, 3.63) is 36.5 Å². The van der Waals surface area contributed by atoms with Crippen molar-refractivity contribution in [2.75, 3.05) is 46.3 Å². The topological polar surface area (TPSA) is 219 Å². The quantitative estimate of drug-likeness (QED) is 0.112. The standard InChI is InChI=1S/C20H31N3O4.2C4H4O4/c1-14(2)20(26)27-15(12-22-10-8-21(3)9-11-22)13-23-18(24)16-6-4-5-7-17(16)19(23)25;2*5-3(6)1-2-4(7)8/h4-5,14-17H,6-13H2,1-3H3;2*1-2H,(H,5,6)(H,7,8)/b;2*2-1-/t15?,16-,17+;;. The number of hydrogen-bond donors (Lipinski definition) is 4. The lowest BCUT2D eigenvalue weighted by Crippen LogP contribution is -2.50. The minimum Gasteiger partial charge on any atom is -0.478 e. The number of aliphatic carboxylic acids is 4. The summed E-state index contributed by atoms with van der Waals surface area (Å²) < 4.78 is 5.70. The van der Waals surface area contributed by atoms with Gasteiger partial charge in [0.05, 0.1) is 24.3 Å². The minimum absolute atomic E-state index is 0.113. The van der Waals surface area contributed by atoms with E-state index in [1.165, 1.54) is 4.90 Å². The molecule has 0 saturated carbocycles. The summed E-state index contributed by atoms with van der Waals surface area (Å²) in [5, 5.41) is 31.2. The van der Waals surface area contributed by atoms with Crippen molar-refractivity contribution in [1.82, 2.24) is 14.7 Å². The second-order valence-electron chi connectivity index (χ2n) is 10.3. The van der Waals surface area contributed by atoms with Gasteiger partial charge in [0.15, 0.2) is 0 Å². The third-order valence-electron chi connectivity index (χ3n) is 6.53. The van der Waals surface area contributed by atoms with E-state index in [2.05, 4.69) is 16.8 Å². The minimum atomic E-state index is -1.26. The summed E-state index contributed by atoms with van der Waals surface area (Å²) in [7, 11) is 2.09. The van der Waals surface area contributed by atoms with Crippen LogP contribution in [0, 0.1) is 17.8 Å². The summed E-state index contributed by atoms with van der Waals surface area (Å²) >= 11 is 0. The molecule has 0 bridgehead atoms. The lowest BCUT2D eigenvalue weighted by Gasteiger charge is -2.35. The van der Waals surface area contributed by atoms with Gasteiger partial charge in [0.2, 0.25) is 11.8 Å². The van der Waals surface area contributed by atoms with E-state index in [9.17, 15) is 33.6 Å². The first-order valence-electron chi connectivity index (χ1n) is 13.5. The molecule has 2 amide bonds.